The number of carbonyl (C=O) groups excluding carboxylic acids is 2. The highest BCUT2D eigenvalue weighted by atomic mass is 32.1. The lowest BCUT2D eigenvalue weighted by Gasteiger charge is -2.34. The Labute approximate surface area is 164 Å². The van der Waals surface area contributed by atoms with Gasteiger partial charge in [0.15, 0.2) is 0 Å². The number of benzene rings is 1. The van der Waals surface area contributed by atoms with Gasteiger partial charge in [-0.1, -0.05) is 23.8 Å². The standard InChI is InChI=1S/C21H26N2O3S/c1-17-6-8-18(9-7-17)26-14-2-5-20(24)22-10-12-23(13-11-22)21(25)16-19-4-3-15-27-19/h3-4,6-9,15H,2,5,10-14,16H2,1H3. The zero-order chi connectivity index (χ0) is 19.1. The molecule has 0 atom stereocenters. The van der Waals surface area contributed by atoms with E-state index in [4.69, 9.17) is 4.74 Å². The molecule has 0 aliphatic carbocycles. The smallest absolute Gasteiger partial charge is 0.227 e. The second-order valence-electron chi connectivity index (χ2n) is 6.78. The summed E-state index contributed by atoms with van der Waals surface area (Å²) in [6, 6.07) is 11.9. The molecule has 0 N–H and O–H groups in total. The number of rotatable bonds is 7. The predicted molar refractivity (Wildman–Crippen MR) is 107 cm³/mol. The Hall–Kier alpha value is -2.34. The molecule has 1 aromatic heterocycles. The van der Waals surface area contributed by atoms with Gasteiger partial charge in [0.25, 0.3) is 0 Å². The summed E-state index contributed by atoms with van der Waals surface area (Å²) < 4.78 is 5.67. The van der Waals surface area contributed by atoms with Crippen LogP contribution in [0.4, 0.5) is 0 Å². The minimum Gasteiger partial charge on any atom is -0.494 e. The summed E-state index contributed by atoms with van der Waals surface area (Å²) in [5.41, 5.74) is 1.20. The van der Waals surface area contributed by atoms with Crippen molar-refractivity contribution < 1.29 is 14.3 Å². The number of hydrogen-bond acceptors (Lipinski definition) is 4. The zero-order valence-corrected chi connectivity index (χ0v) is 16.5. The number of amides is 2. The van der Waals surface area contributed by atoms with Gasteiger partial charge in [-0.05, 0) is 36.9 Å². The lowest BCUT2D eigenvalue weighted by atomic mass is 10.2. The van der Waals surface area contributed by atoms with Crippen LogP contribution in [0.15, 0.2) is 41.8 Å². The molecule has 6 heteroatoms. The Morgan fingerprint density at radius 3 is 2.30 bits per heavy atom. The number of nitrogens with zero attached hydrogens (tertiary/aromatic N) is 2. The fourth-order valence-electron chi connectivity index (χ4n) is 3.09. The van der Waals surface area contributed by atoms with E-state index in [9.17, 15) is 9.59 Å². The van der Waals surface area contributed by atoms with Crippen LogP contribution < -0.4 is 4.74 Å². The molecule has 1 aromatic carbocycles. The van der Waals surface area contributed by atoms with Crippen molar-refractivity contribution in [1.82, 2.24) is 9.80 Å². The summed E-state index contributed by atoms with van der Waals surface area (Å²) in [5, 5.41) is 1.99. The van der Waals surface area contributed by atoms with Crippen molar-refractivity contribution in [1.29, 1.82) is 0 Å². The lowest BCUT2D eigenvalue weighted by Crippen LogP contribution is -2.50. The number of aryl methyl sites for hydroxylation is 1. The first-order valence-corrected chi connectivity index (χ1v) is 10.3. The van der Waals surface area contributed by atoms with Crippen LogP contribution in [0.2, 0.25) is 0 Å². The van der Waals surface area contributed by atoms with Gasteiger partial charge < -0.3 is 14.5 Å². The third-order valence-corrected chi connectivity index (χ3v) is 5.59. The normalized spacial score (nSPS) is 14.3. The average Bonchev–Trinajstić information content (AvgIpc) is 3.19. The maximum atomic E-state index is 12.4. The molecule has 0 unspecified atom stereocenters. The fraction of sp³-hybridized carbons (Fsp3) is 0.429. The van der Waals surface area contributed by atoms with Crippen molar-refractivity contribution in [3.63, 3.8) is 0 Å². The maximum Gasteiger partial charge on any atom is 0.227 e. The van der Waals surface area contributed by atoms with Crippen LogP contribution in [0.1, 0.15) is 23.3 Å². The Morgan fingerprint density at radius 1 is 1.00 bits per heavy atom. The summed E-state index contributed by atoms with van der Waals surface area (Å²) in [6.45, 7) is 5.05. The molecule has 0 saturated carbocycles. The highest BCUT2D eigenvalue weighted by Crippen LogP contribution is 2.14. The van der Waals surface area contributed by atoms with Crippen molar-refractivity contribution in [2.24, 2.45) is 0 Å². The van der Waals surface area contributed by atoms with Crippen LogP contribution >= 0.6 is 11.3 Å². The summed E-state index contributed by atoms with van der Waals surface area (Å²) in [7, 11) is 0. The number of hydrogen-bond donors (Lipinski definition) is 0. The lowest BCUT2D eigenvalue weighted by molar-refractivity contribution is -0.139. The first-order valence-electron chi connectivity index (χ1n) is 9.39. The molecule has 0 bridgehead atoms. The Kier molecular flexibility index (Phi) is 6.87. The van der Waals surface area contributed by atoms with E-state index in [1.807, 2.05) is 58.5 Å². The van der Waals surface area contributed by atoms with E-state index in [0.29, 0.717) is 52.0 Å². The molecule has 1 aliphatic heterocycles. The highest BCUT2D eigenvalue weighted by Gasteiger charge is 2.23. The van der Waals surface area contributed by atoms with E-state index in [-0.39, 0.29) is 11.8 Å². The van der Waals surface area contributed by atoms with Gasteiger partial charge in [-0.15, -0.1) is 11.3 Å². The van der Waals surface area contributed by atoms with Crippen LogP contribution in [0.5, 0.6) is 5.75 Å². The third-order valence-electron chi connectivity index (χ3n) is 4.72. The molecule has 5 nitrogen and oxygen atoms in total. The monoisotopic (exact) mass is 386 g/mol. The van der Waals surface area contributed by atoms with E-state index >= 15 is 0 Å². The number of piperazine rings is 1. The van der Waals surface area contributed by atoms with Gasteiger partial charge >= 0.3 is 0 Å². The van der Waals surface area contributed by atoms with E-state index in [0.717, 1.165) is 10.6 Å². The van der Waals surface area contributed by atoms with E-state index in [1.54, 1.807) is 11.3 Å². The summed E-state index contributed by atoms with van der Waals surface area (Å²) in [4.78, 5) is 29.5. The molecular formula is C21H26N2O3S. The van der Waals surface area contributed by atoms with Gasteiger partial charge in [0.1, 0.15) is 5.75 Å². The molecule has 1 aliphatic rings. The minimum atomic E-state index is 0.146. The summed E-state index contributed by atoms with van der Waals surface area (Å²) >= 11 is 1.61. The molecule has 0 spiro atoms. The quantitative estimate of drug-likeness (QED) is 0.687. The molecule has 144 valence electrons. The molecule has 2 amide bonds. The van der Waals surface area contributed by atoms with Crippen molar-refractivity contribution in [2.45, 2.75) is 26.2 Å². The molecule has 3 rings (SSSR count). The highest BCUT2D eigenvalue weighted by molar-refractivity contribution is 7.10. The average molecular weight is 387 g/mol. The molecule has 2 aromatic rings. The van der Waals surface area contributed by atoms with Gasteiger partial charge in [-0.2, -0.15) is 0 Å². The summed E-state index contributed by atoms with van der Waals surface area (Å²) in [6.07, 6.45) is 1.64. The molecule has 1 saturated heterocycles. The predicted octanol–water partition coefficient (Wildman–Crippen LogP) is 3.13. The van der Waals surface area contributed by atoms with Crippen LogP contribution in [-0.4, -0.2) is 54.4 Å². The second kappa shape index (κ2) is 9.55. The summed E-state index contributed by atoms with van der Waals surface area (Å²) in [5.74, 6) is 1.13. The van der Waals surface area contributed by atoms with Gasteiger partial charge in [0, 0.05) is 37.5 Å². The number of ether oxygens (including phenoxy) is 1. The van der Waals surface area contributed by atoms with Crippen molar-refractivity contribution >= 4 is 23.2 Å². The van der Waals surface area contributed by atoms with Crippen molar-refractivity contribution in [3.05, 3.63) is 52.2 Å². The zero-order valence-electron chi connectivity index (χ0n) is 15.7. The van der Waals surface area contributed by atoms with Crippen LogP contribution in [0, 0.1) is 6.92 Å². The Morgan fingerprint density at radius 2 is 1.67 bits per heavy atom. The first kappa shape index (κ1) is 19.4. The maximum absolute atomic E-state index is 12.4. The molecule has 2 heterocycles. The minimum absolute atomic E-state index is 0.146. The van der Waals surface area contributed by atoms with Gasteiger partial charge in [-0.25, -0.2) is 0 Å². The second-order valence-corrected chi connectivity index (χ2v) is 7.82. The topological polar surface area (TPSA) is 49.9 Å². The fourth-order valence-corrected chi connectivity index (χ4v) is 3.78. The van der Waals surface area contributed by atoms with Crippen LogP contribution in [-0.2, 0) is 16.0 Å². The van der Waals surface area contributed by atoms with E-state index in [1.165, 1.54) is 5.56 Å². The van der Waals surface area contributed by atoms with E-state index < -0.39 is 0 Å². The van der Waals surface area contributed by atoms with Crippen molar-refractivity contribution in [2.75, 3.05) is 32.8 Å². The SMILES string of the molecule is Cc1ccc(OCCCC(=O)N2CCN(C(=O)Cc3cccs3)CC2)cc1. The van der Waals surface area contributed by atoms with Gasteiger partial charge in [-0.3, -0.25) is 9.59 Å². The molecular weight excluding hydrogens is 360 g/mol. The van der Waals surface area contributed by atoms with Gasteiger partial charge in [0.05, 0.1) is 13.0 Å². The molecule has 27 heavy (non-hydrogen) atoms. The molecule has 0 radical (unpaired) electrons. The van der Waals surface area contributed by atoms with Crippen LogP contribution in [0.25, 0.3) is 0 Å². The Bertz CT molecular complexity index is 735. The molecule has 1 fully saturated rings. The van der Waals surface area contributed by atoms with E-state index in [2.05, 4.69) is 0 Å². The number of carbonyl (C=O) groups is 2. The largest absolute Gasteiger partial charge is 0.494 e. The third kappa shape index (κ3) is 5.82. The first-order chi connectivity index (χ1) is 13.1. The Balaban J connectivity index is 1.33. The number of thiophene rings is 1. The van der Waals surface area contributed by atoms with Crippen molar-refractivity contribution in [3.8, 4) is 5.75 Å². The van der Waals surface area contributed by atoms with Crippen LogP contribution in [0.3, 0.4) is 0 Å². The van der Waals surface area contributed by atoms with Gasteiger partial charge in [0.2, 0.25) is 11.8 Å².